The Hall–Kier alpha value is -0.210. The summed E-state index contributed by atoms with van der Waals surface area (Å²) >= 11 is 0. The Morgan fingerprint density at radius 1 is 0.838 bits per heavy atom. The molecular weight excluding hydrogens is 484 g/mol. The average Bonchev–Trinajstić information content (AvgIpc) is 2.85. The number of fused-ring (bicyclic) bond motifs is 1. The minimum Gasteiger partial charge on any atom is -0.393 e. The number of aliphatic hydroxyl groups excluding tert-OH is 1. The molecule has 0 aromatic carbocycles. The van der Waals surface area contributed by atoms with E-state index in [1.807, 2.05) is 11.4 Å². The predicted octanol–water partition coefficient (Wildman–Crippen LogP) is 4.91. The van der Waals surface area contributed by atoms with Gasteiger partial charge in [-0.1, -0.05) is 26.7 Å². The van der Waals surface area contributed by atoms with Crippen LogP contribution in [0.2, 0.25) is 0 Å². The molecule has 5 aliphatic rings. The zero-order chi connectivity index (χ0) is 26.2. The van der Waals surface area contributed by atoms with E-state index in [1.54, 1.807) is 0 Å². The number of rotatable bonds is 6. The van der Waals surface area contributed by atoms with Crippen LogP contribution in [0.4, 0.5) is 0 Å². The number of sulfonamides is 1. The minimum absolute atomic E-state index is 0.0894. The van der Waals surface area contributed by atoms with E-state index in [-0.39, 0.29) is 17.3 Å². The third-order valence-corrected chi connectivity index (χ3v) is 14.0. The molecule has 7 heteroatoms. The molecule has 0 aromatic rings. The minimum atomic E-state index is -3.26. The van der Waals surface area contributed by atoms with E-state index in [9.17, 15) is 13.5 Å². The lowest BCUT2D eigenvalue weighted by Crippen LogP contribution is -2.71. The molecule has 6 nitrogen and oxygen atoms in total. The van der Waals surface area contributed by atoms with Crippen LogP contribution in [0.1, 0.15) is 97.3 Å². The fourth-order valence-electron chi connectivity index (χ4n) is 9.49. The molecule has 0 aromatic heterocycles. The maximum Gasteiger partial charge on any atom is 0.217 e. The zero-order valence-corrected chi connectivity index (χ0v) is 24.6. The Morgan fingerprint density at radius 2 is 1.54 bits per heavy atom. The van der Waals surface area contributed by atoms with Crippen LogP contribution in [0, 0.1) is 35.5 Å². The van der Waals surface area contributed by atoms with Gasteiger partial charge in [0, 0.05) is 32.3 Å². The van der Waals surface area contributed by atoms with Gasteiger partial charge in [-0.2, -0.15) is 0 Å². The van der Waals surface area contributed by atoms with Crippen molar-refractivity contribution in [3.8, 4) is 0 Å². The number of hydrogen-bond donors (Lipinski definition) is 1. The molecular formula is C30H54N2O4S. The van der Waals surface area contributed by atoms with Crippen LogP contribution in [0.3, 0.4) is 0 Å². The summed E-state index contributed by atoms with van der Waals surface area (Å²) in [4.78, 5) is 2.62. The number of ether oxygens (including phenoxy) is 1. The molecule has 2 aliphatic heterocycles. The third-order valence-electron chi connectivity index (χ3n) is 11.5. The van der Waals surface area contributed by atoms with Gasteiger partial charge in [0.25, 0.3) is 0 Å². The number of aliphatic hydroxyl groups is 1. The Labute approximate surface area is 226 Å². The Kier molecular flexibility index (Phi) is 9.28. The lowest BCUT2D eigenvalue weighted by Gasteiger charge is -2.60. The molecule has 0 spiro atoms. The van der Waals surface area contributed by atoms with E-state index in [0.717, 1.165) is 69.9 Å². The van der Waals surface area contributed by atoms with Crippen molar-refractivity contribution in [2.75, 3.05) is 33.4 Å². The van der Waals surface area contributed by atoms with E-state index in [0.29, 0.717) is 42.9 Å². The molecule has 6 unspecified atom stereocenters. The van der Waals surface area contributed by atoms with Crippen molar-refractivity contribution in [2.45, 2.75) is 121 Å². The largest absolute Gasteiger partial charge is 0.393 e. The summed E-state index contributed by atoms with van der Waals surface area (Å²) in [6.45, 7) is 7.76. The smallest absolute Gasteiger partial charge is 0.217 e. The van der Waals surface area contributed by atoms with Crippen LogP contribution in [0.25, 0.3) is 0 Å². The zero-order valence-electron chi connectivity index (χ0n) is 23.8. The Bertz CT molecular complexity index is 845. The summed E-state index contributed by atoms with van der Waals surface area (Å²) in [5.74, 6) is 3.72. The molecule has 3 saturated carbocycles. The van der Waals surface area contributed by atoms with E-state index >= 15 is 0 Å². The maximum atomic E-state index is 13.9. The highest BCUT2D eigenvalue weighted by Crippen LogP contribution is 2.49. The molecule has 8 atom stereocenters. The third kappa shape index (κ3) is 5.82. The SMILES string of the molecule is COC[C@@H]1[C@@H](C2CCC(C3CCC(O)CC3C)CC2)C2CN(S(=O)(=O)C3CCCCC3C)CCCCN21. The van der Waals surface area contributed by atoms with Crippen molar-refractivity contribution in [2.24, 2.45) is 35.5 Å². The van der Waals surface area contributed by atoms with Crippen molar-refractivity contribution in [1.29, 1.82) is 0 Å². The van der Waals surface area contributed by atoms with E-state index < -0.39 is 10.0 Å². The highest BCUT2D eigenvalue weighted by molar-refractivity contribution is 7.89. The number of nitrogens with zero attached hydrogens (tertiary/aromatic N) is 2. The molecule has 2 saturated heterocycles. The lowest BCUT2D eigenvalue weighted by molar-refractivity contribution is -0.128. The summed E-state index contributed by atoms with van der Waals surface area (Å²) in [6.07, 6.45) is 14.4. The average molecular weight is 539 g/mol. The van der Waals surface area contributed by atoms with Crippen LogP contribution in [0.15, 0.2) is 0 Å². The normalized spacial score (nSPS) is 44.9. The molecule has 5 fully saturated rings. The van der Waals surface area contributed by atoms with Crippen LogP contribution >= 0.6 is 0 Å². The summed E-state index contributed by atoms with van der Waals surface area (Å²) in [5, 5.41) is 9.91. The second kappa shape index (κ2) is 12.1. The van der Waals surface area contributed by atoms with Gasteiger partial charge < -0.3 is 9.84 Å². The molecule has 3 aliphatic carbocycles. The quantitative estimate of drug-likeness (QED) is 0.520. The molecule has 5 rings (SSSR count). The maximum absolute atomic E-state index is 13.9. The van der Waals surface area contributed by atoms with Gasteiger partial charge in [0.15, 0.2) is 0 Å². The number of methoxy groups -OCH3 is 1. The van der Waals surface area contributed by atoms with Crippen LogP contribution in [-0.2, 0) is 14.8 Å². The summed E-state index contributed by atoms with van der Waals surface area (Å²) in [5.41, 5.74) is 0. The second-order valence-electron chi connectivity index (χ2n) is 13.6. The van der Waals surface area contributed by atoms with Gasteiger partial charge >= 0.3 is 0 Å². The first-order chi connectivity index (χ1) is 17.8. The van der Waals surface area contributed by atoms with Gasteiger partial charge in [-0.25, -0.2) is 12.7 Å². The highest BCUT2D eigenvalue weighted by atomic mass is 32.2. The van der Waals surface area contributed by atoms with E-state index in [2.05, 4.69) is 18.7 Å². The van der Waals surface area contributed by atoms with Gasteiger partial charge in [0.1, 0.15) is 0 Å². The molecule has 0 bridgehead atoms. The van der Waals surface area contributed by atoms with Crippen LogP contribution in [-0.4, -0.2) is 79.5 Å². The van der Waals surface area contributed by atoms with Gasteiger partial charge in [0.05, 0.1) is 18.0 Å². The van der Waals surface area contributed by atoms with E-state index in [4.69, 9.17) is 4.74 Å². The van der Waals surface area contributed by atoms with Crippen LogP contribution < -0.4 is 0 Å². The molecule has 0 amide bonds. The topological polar surface area (TPSA) is 70.1 Å². The molecule has 0 radical (unpaired) electrons. The lowest BCUT2D eigenvalue weighted by atomic mass is 9.61. The van der Waals surface area contributed by atoms with Crippen molar-refractivity contribution in [3.05, 3.63) is 0 Å². The van der Waals surface area contributed by atoms with Gasteiger partial charge in [-0.3, -0.25) is 4.90 Å². The first kappa shape index (κ1) is 28.3. The highest BCUT2D eigenvalue weighted by Gasteiger charge is 2.54. The predicted molar refractivity (Wildman–Crippen MR) is 149 cm³/mol. The monoisotopic (exact) mass is 538 g/mol. The first-order valence-corrected chi connectivity index (χ1v) is 17.2. The van der Waals surface area contributed by atoms with E-state index in [1.165, 1.54) is 38.5 Å². The standard InChI is InChI=1S/C30H54N2O4S/c1-21-8-4-5-9-29(21)37(34,35)31-16-6-7-17-32-27(19-31)30(28(32)20-36-3)24-12-10-23(11-13-24)26-15-14-25(33)18-22(26)2/h21-30,33H,4-20H2,1-3H3/t21?,22?,23?,24?,25?,26?,27?,28-,29?,30+/m1/s1. The van der Waals surface area contributed by atoms with Crippen molar-refractivity contribution >= 4 is 10.0 Å². The van der Waals surface area contributed by atoms with Gasteiger partial charge in [-0.05, 0) is 113 Å². The fourth-order valence-corrected chi connectivity index (χ4v) is 11.8. The van der Waals surface area contributed by atoms with Crippen molar-refractivity contribution in [3.63, 3.8) is 0 Å². The fraction of sp³-hybridized carbons (Fsp3) is 1.00. The van der Waals surface area contributed by atoms with Crippen LogP contribution in [0.5, 0.6) is 0 Å². The number of hydrogen-bond acceptors (Lipinski definition) is 5. The Balaban J connectivity index is 1.28. The summed E-state index contributed by atoms with van der Waals surface area (Å²) in [6, 6.07) is 0.788. The molecule has 2 heterocycles. The first-order valence-electron chi connectivity index (χ1n) is 15.7. The summed E-state index contributed by atoms with van der Waals surface area (Å²) in [7, 11) is -1.43. The second-order valence-corrected chi connectivity index (χ2v) is 15.8. The van der Waals surface area contributed by atoms with Crippen molar-refractivity contribution < 1.29 is 18.3 Å². The summed E-state index contributed by atoms with van der Waals surface area (Å²) < 4.78 is 35.5. The van der Waals surface area contributed by atoms with Crippen molar-refractivity contribution in [1.82, 2.24) is 9.21 Å². The Morgan fingerprint density at radius 3 is 2.24 bits per heavy atom. The van der Waals surface area contributed by atoms with Gasteiger partial charge in [0.2, 0.25) is 10.0 Å². The molecule has 37 heavy (non-hydrogen) atoms. The molecule has 1 N–H and O–H groups in total. The van der Waals surface area contributed by atoms with Gasteiger partial charge in [-0.15, -0.1) is 0 Å². The molecule has 214 valence electrons.